The standard InChI is InChI=1S/C8H3F2NO3/c9-4-1-3-6(2-5(4)10)14-8(13)11-7(3)12/h1-2H,(H,11,12,13). The minimum atomic E-state index is -1.17. The van der Waals surface area contributed by atoms with Crippen LogP contribution in [0.5, 0.6) is 0 Å². The third kappa shape index (κ3) is 1.20. The van der Waals surface area contributed by atoms with Gasteiger partial charge in [-0.15, -0.1) is 0 Å². The number of H-pyrrole nitrogens is 1. The van der Waals surface area contributed by atoms with E-state index in [1.54, 1.807) is 4.98 Å². The number of nitrogens with one attached hydrogen (secondary N) is 1. The van der Waals surface area contributed by atoms with Gasteiger partial charge in [0.15, 0.2) is 11.6 Å². The first kappa shape index (κ1) is 8.61. The summed E-state index contributed by atoms with van der Waals surface area (Å²) < 4.78 is 29.8. The molecule has 0 fully saturated rings. The average Bonchev–Trinajstić information content (AvgIpc) is 2.08. The lowest BCUT2D eigenvalue weighted by molar-refractivity contribution is 0.495. The van der Waals surface area contributed by atoms with Crippen LogP contribution in [0.2, 0.25) is 0 Å². The molecule has 1 aromatic heterocycles. The van der Waals surface area contributed by atoms with Crippen molar-refractivity contribution >= 4 is 11.0 Å². The first-order chi connectivity index (χ1) is 6.58. The summed E-state index contributed by atoms with van der Waals surface area (Å²) in [5.74, 6) is -3.35. The van der Waals surface area contributed by atoms with Crippen molar-refractivity contribution in [1.29, 1.82) is 0 Å². The maximum atomic E-state index is 12.7. The Balaban J connectivity index is 3.03. The Morgan fingerprint density at radius 2 is 1.79 bits per heavy atom. The molecule has 1 heterocycles. The van der Waals surface area contributed by atoms with Gasteiger partial charge in [0.05, 0.1) is 5.39 Å². The summed E-state index contributed by atoms with van der Waals surface area (Å²) in [6.07, 6.45) is 0. The van der Waals surface area contributed by atoms with E-state index in [0.717, 1.165) is 0 Å². The number of aromatic nitrogens is 1. The molecule has 0 radical (unpaired) electrons. The van der Waals surface area contributed by atoms with Crippen LogP contribution in [0.1, 0.15) is 0 Å². The van der Waals surface area contributed by atoms with Crippen LogP contribution in [0.4, 0.5) is 8.78 Å². The van der Waals surface area contributed by atoms with Gasteiger partial charge in [-0.3, -0.25) is 9.78 Å². The van der Waals surface area contributed by atoms with Crippen molar-refractivity contribution < 1.29 is 13.2 Å². The molecule has 1 aromatic carbocycles. The largest absolute Gasteiger partial charge is 0.419 e. The molecule has 0 aliphatic rings. The molecule has 72 valence electrons. The van der Waals surface area contributed by atoms with Gasteiger partial charge in [0.2, 0.25) is 0 Å². The highest BCUT2D eigenvalue weighted by molar-refractivity contribution is 5.75. The first-order valence-corrected chi connectivity index (χ1v) is 3.60. The van der Waals surface area contributed by atoms with Crippen molar-refractivity contribution in [2.75, 3.05) is 0 Å². The number of hydrogen-bond donors (Lipinski definition) is 1. The lowest BCUT2D eigenvalue weighted by atomic mass is 10.2. The quantitative estimate of drug-likeness (QED) is 0.681. The molecule has 0 saturated heterocycles. The Morgan fingerprint density at radius 1 is 1.14 bits per heavy atom. The molecule has 0 saturated carbocycles. The fourth-order valence-electron chi connectivity index (χ4n) is 1.08. The van der Waals surface area contributed by atoms with Crippen LogP contribution >= 0.6 is 0 Å². The van der Waals surface area contributed by atoms with Gasteiger partial charge in [-0.25, -0.2) is 13.6 Å². The highest BCUT2D eigenvalue weighted by Crippen LogP contribution is 2.13. The second-order valence-corrected chi connectivity index (χ2v) is 2.61. The van der Waals surface area contributed by atoms with E-state index in [1.165, 1.54) is 0 Å². The van der Waals surface area contributed by atoms with Crippen LogP contribution < -0.4 is 11.3 Å². The number of rotatable bonds is 0. The molecule has 6 heteroatoms. The van der Waals surface area contributed by atoms with Crippen LogP contribution in [0.15, 0.2) is 26.1 Å². The third-order valence-electron chi connectivity index (χ3n) is 1.69. The monoisotopic (exact) mass is 199 g/mol. The zero-order chi connectivity index (χ0) is 10.3. The summed E-state index contributed by atoms with van der Waals surface area (Å²) in [4.78, 5) is 23.5. The molecule has 0 bridgehead atoms. The lowest BCUT2D eigenvalue weighted by Crippen LogP contribution is -2.18. The molecule has 0 aliphatic carbocycles. The van der Waals surface area contributed by atoms with E-state index in [1.807, 2.05) is 0 Å². The highest BCUT2D eigenvalue weighted by Gasteiger charge is 2.08. The van der Waals surface area contributed by atoms with Gasteiger partial charge in [-0.1, -0.05) is 0 Å². The third-order valence-corrected chi connectivity index (χ3v) is 1.69. The Hall–Kier alpha value is -1.98. The predicted octanol–water partition coefficient (Wildman–Crippen LogP) is 0.760. The summed E-state index contributed by atoms with van der Waals surface area (Å²) in [6.45, 7) is 0. The Kier molecular flexibility index (Phi) is 1.70. The van der Waals surface area contributed by atoms with Gasteiger partial charge in [-0.05, 0) is 6.07 Å². The maximum absolute atomic E-state index is 12.7. The fourth-order valence-corrected chi connectivity index (χ4v) is 1.08. The Bertz CT molecular complexity index is 614. The summed E-state index contributed by atoms with van der Waals surface area (Å²) >= 11 is 0. The molecule has 2 rings (SSSR count). The van der Waals surface area contributed by atoms with Gasteiger partial charge in [0.1, 0.15) is 5.58 Å². The van der Waals surface area contributed by atoms with Crippen LogP contribution in [-0.4, -0.2) is 4.98 Å². The Labute approximate surface area is 74.8 Å². The van der Waals surface area contributed by atoms with E-state index in [4.69, 9.17) is 0 Å². The lowest BCUT2D eigenvalue weighted by Gasteiger charge is -1.95. The molecule has 0 atom stereocenters. The van der Waals surface area contributed by atoms with Crippen molar-refractivity contribution in [3.8, 4) is 0 Å². The fraction of sp³-hybridized carbons (Fsp3) is 0. The van der Waals surface area contributed by atoms with Crippen molar-refractivity contribution in [2.45, 2.75) is 0 Å². The second kappa shape index (κ2) is 2.76. The smallest absolute Gasteiger partial charge is 0.409 e. The zero-order valence-corrected chi connectivity index (χ0v) is 6.64. The molecule has 0 aliphatic heterocycles. The highest BCUT2D eigenvalue weighted by atomic mass is 19.2. The predicted molar refractivity (Wildman–Crippen MR) is 43.0 cm³/mol. The molecule has 0 amide bonds. The molecule has 0 unspecified atom stereocenters. The van der Waals surface area contributed by atoms with Gasteiger partial charge in [0, 0.05) is 6.07 Å². The van der Waals surface area contributed by atoms with E-state index >= 15 is 0 Å². The Morgan fingerprint density at radius 3 is 2.50 bits per heavy atom. The molecule has 0 spiro atoms. The molecule has 4 nitrogen and oxygen atoms in total. The van der Waals surface area contributed by atoms with Gasteiger partial charge in [0.25, 0.3) is 5.56 Å². The van der Waals surface area contributed by atoms with Crippen LogP contribution in [0.25, 0.3) is 11.0 Å². The SMILES string of the molecule is O=c1[nH]c(=O)c2cc(F)c(F)cc2o1. The van der Waals surface area contributed by atoms with Crippen LogP contribution in [-0.2, 0) is 0 Å². The van der Waals surface area contributed by atoms with E-state index < -0.39 is 22.9 Å². The molecule has 1 N–H and O–H groups in total. The van der Waals surface area contributed by atoms with Gasteiger partial charge >= 0.3 is 5.76 Å². The molecular weight excluding hydrogens is 196 g/mol. The van der Waals surface area contributed by atoms with Crippen LogP contribution in [0.3, 0.4) is 0 Å². The minimum absolute atomic E-state index is 0.205. The summed E-state index contributed by atoms with van der Waals surface area (Å²) in [7, 11) is 0. The maximum Gasteiger partial charge on any atom is 0.419 e. The average molecular weight is 199 g/mol. The number of hydrogen-bond acceptors (Lipinski definition) is 3. The number of aromatic amines is 1. The molecule has 14 heavy (non-hydrogen) atoms. The first-order valence-electron chi connectivity index (χ1n) is 3.60. The van der Waals surface area contributed by atoms with Gasteiger partial charge in [-0.2, -0.15) is 0 Å². The normalized spacial score (nSPS) is 10.7. The summed E-state index contributed by atoms with van der Waals surface area (Å²) in [5.41, 5.74) is -1.09. The molecule has 2 aromatic rings. The van der Waals surface area contributed by atoms with E-state index in [-0.39, 0.29) is 11.0 Å². The van der Waals surface area contributed by atoms with Gasteiger partial charge < -0.3 is 4.42 Å². The number of halogens is 2. The molecular formula is C8H3F2NO3. The summed E-state index contributed by atoms with van der Waals surface area (Å²) in [5, 5.41) is -0.205. The van der Waals surface area contributed by atoms with Crippen molar-refractivity contribution in [1.82, 2.24) is 4.98 Å². The zero-order valence-electron chi connectivity index (χ0n) is 6.64. The van der Waals surface area contributed by atoms with E-state index in [9.17, 15) is 18.4 Å². The van der Waals surface area contributed by atoms with Crippen LogP contribution in [0, 0.1) is 11.6 Å². The topological polar surface area (TPSA) is 63.1 Å². The number of fused-ring (bicyclic) bond motifs is 1. The summed E-state index contributed by atoms with van der Waals surface area (Å²) in [6, 6.07) is 1.33. The van der Waals surface area contributed by atoms with Crippen molar-refractivity contribution in [2.24, 2.45) is 0 Å². The van der Waals surface area contributed by atoms with Crippen molar-refractivity contribution in [3.05, 3.63) is 44.7 Å². The van der Waals surface area contributed by atoms with E-state index in [0.29, 0.717) is 12.1 Å². The minimum Gasteiger partial charge on any atom is -0.409 e. The van der Waals surface area contributed by atoms with E-state index in [2.05, 4.69) is 4.42 Å². The van der Waals surface area contributed by atoms with Crippen molar-refractivity contribution in [3.63, 3.8) is 0 Å². The second-order valence-electron chi connectivity index (χ2n) is 2.61. The number of benzene rings is 1.